The normalized spacial score (nSPS) is 10.3. The van der Waals surface area contributed by atoms with Crippen molar-refractivity contribution in [2.75, 3.05) is 17.7 Å². The first kappa shape index (κ1) is 20.0. The number of carbonyl (C=O) groups is 2. The van der Waals surface area contributed by atoms with E-state index >= 15 is 0 Å². The van der Waals surface area contributed by atoms with E-state index in [-0.39, 0.29) is 11.6 Å². The van der Waals surface area contributed by atoms with Crippen molar-refractivity contribution in [3.05, 3.63) is 76.6 Å². The summed E-state index contributed by atoms with van der Waals surface area (Å²) >= 11 is 0. The fourth-order valence-electron chi connectivity index (χ4n) is 2.92. The van der Waals surface area contributed by atoms with Gasteiger partial charge in [0.1, 0.15) is 5.69 Å². The van der Waals surface area contributed by atoms with Gasteiger partial charge in [0.2, 0.25) is 5.95 Å². The smallest absolute Gasteiger partial charge is 0.337 e. The SMILES string of the molecule is COC(=O)c1ccc(NC(=O)c2cc(C)nc(Nc3cc(C)cc(C)c3)n2)cc1. The maximum absolute atomic E-state index is 12.6. The lowest BCUT2D eigenvalue weighted by Crippen LogP contribution is -2.15. The molecule has 0 fully saturated rings. The van der Waals surface area contributed by atoms with Gasteiger partial charge in [-0.05, 0) is 74.4 Å². The van der Waals surface area contributed by atoms with E-state index in [0.29, 0.717) is 22.9 Å². The Morgan fingerprint density at radius 3 is 2.14 bits per heavy atom. The number of hydrogen-bond donors (Lipinski definition) is 2. The molecule has 3 rings (SSSR count). The molecule has 148 valence electrons. The van der Waals surface area contributed by atoms with Crippen molar-refractivity contribution in [3.8, 4) is 0 Å². The molecule has 1 aromatic heterocycles. The van der Waals surface area contributed by atoms with Crippen LogP contribution in [0.3, 0.4) is 0 Å². The van der Waals surface area contributed by atoms with E-state index < -0.39 is 5.97 Å². The molecule has 7 nitrogen and oxygen atoms in total. The van der Waals surface area contributed by atoms with Gasteiger partial charge in [-0.1, -0.05) is 6.07 Å². The van der Waals surface area contributed by atoms with Gasteiger partial charge in [0.25, 0.3) is 5.91 Å². The van der Waals surface area contributed by atoms with Crippen molar-refractivity contribution in [1.29, 1.82) is 0 Å². The van der Waals surface area contributed by atoms with Crippen molar-refractivity contribution in [2.45, 2.75) is 20.8 Å². The second kappa shape index (κ2) is 8.52. The predicted molar refractivity (Wildman–Crippen MR) is 112 cm³/mol. The summed E-state index contributed by atoms with van der Waals surface area (Å²) in [5, 5.41) is 5.93. The van der Waals surface area contributed by atoms with E-state index in [1.54, 1.807) is 37.3 Å². The van der Waals surface area contributed by atoms with Crippen LogP contribution in [0.15, 0.2) is 48.5 Å². The lowest BCUT2D eigenvalue weighted by Gasteiger charge is -2.10. The summed E-state index contributed by atoms with van der Waals surface area (Å²) in [6.45, 7) is 5.83. The number of methoxy groups -OCH3 is 1. The fourth-order valence-corrected chi connectivity index (χ4v) is 2.92. The molecule has 3 aromatic rings. The number of hydrogen-bond acceptors (Lipinski definition) is 6. The predicted octanol–water partition coefficient (Wildman–Crippen LogP) is 4.18. The average molecular weight is 390 g/mol. The molecule has 1 amide bonds. The topological polar surface area (TPSA) is 93.2 Å². The number of amides is 1. The quantitative estimate of drug-likeness (QED) is 0.635. The molecule has 0 saturated carbocycles. The molecule has 2 aromatic carbocycles. The molecule has 29 heavy (non-hydrogen) atoms. The highest BCUT2D eigenvalue weighted by molar-refractivity contribution is 6.03. The molecule has 0 spiro atoms. The molecule has 0 atom stereocenters. The second-order valence-corrected chi connectivity index (χ2v) is 6.74. The first-order valence-electron chi connectivity index (χ1n) is 9.05. The van der Waals surface area contributed by atoms with Crippen molar-refractivity contribution in [1.82, 2.24) is 9.97 Å². The summed E-state index contributed by atoms with van der Waals surface area (Å²) in [4.78, 5) is 32.8. The number of rotatable bonds is 5. The molecule has 0 radical (unpaired) electrons. The minimum atomic E-state index is -0.434. The zero-order valence-corrected chi connectivity index (χ0v) is 16.7. The van der Waals surface area contributed by atoms with E-state index in [1.165, 1.54) is 7.11 Å². The van der Waals surface area contributed by atoms with E-state index in [4.69, 9.17) is 0 Å². The Labute approximate surface area is 169 Å². The van der Waals surface area contributed by atoms with Crippen LogP contribution in [-0.2, 0) is 4.74 Å². The minimum Gasteiger partial charge on any atom is -0.465 e. The molecule has 1 heterocycles. The fraction of sp³-hybridized carbons (Fsp3) is 0.182. The van der Waals surface area contributed by atoms with Crippen molar-refractivity contribution in [3.63, 3.8) is 0 Å². The summed E-state index contributed by atoms with van der Waals surface area (Å²) in [6, 6.07) is 14.1. The van der Waals surface area contributed by atoms with Gasteiger partial charge >= 0.3 is 5.97 Å². The third kappa shape index (κ3) is 5.16. The van der Waals surface area contributed by atoms with Gasteiger partial charge in [0.05, 0.1) is 12.7 Å². The number of nitrogens with zero attached hydrogens (tertiary/aromatic N) is 2. The molecule has 0 aliphatic carbocycles. The molecule has 0 unspecified atom stereocenters. The van der Waals surface area contributed by atoms with Crippen LogP contribution in [0.5, 0.6) is 0 Å². The molecular formula is C22H22N4O3. The number of esters is 1. The standard InChI is InChI=1S/C22H22N4O3/c1-13-9-14(2)11-18(10-13)25-22-23-15(3)12-19(26-22)20(27)24-17-7-5-16(6-8-17)21(28)29-4/h5-12H,1-4H3,(H,24,27)(H,23,25,26). The van der Waals surface area contributed by atoms with Crippen LogP contribution in [-0.4, -0.2) is 29.0 Å². The third-order valence-corrected chi connectivity index (χ3v) is 4.13. The van der Waals surface area contributed by atoms with E-state index in [0.717, 1.165) is 16.8 Å². The summed E-state index contributed by atoms with van der Waals surface area (Å²) in [7, 11) is 1.32. The number of aryl methyl sites for hydroxylation is 3. The maximum atomic E-state index is 12.6. The Morgan fingerprint density at radius 1 is 0.862 bits per heavy atom. The highest BCUT2D eigenvalue weighted by Crippen LogP contribution is 2.18. The van der Waals surface area contributed by atoms with Crippen molar-refractivity contribution in [2.24, 2.45) is 0 Å². The number of aromatic nitrogens is 2. The Morgan fingerprint density at radius 2 is 1.52 bits per heavy atom. The van der Waals surface area contributed by atoms with Gasteiger partial charge in [0, 0.05) is 17.1 Å². The monoisotopic (exact) mass is 390 g/mol. The van der Waals surface area contributed by atoms with Crippen LogP contribution in [0.4, 0.5) is 17.3 Å². The molecule has 0 aliphatic rings. The third-order valence-electron chi connectivity index (χ3n) is 4.13. The first-order valence-corrected chi connectivity index (χ1v) is 9.05. The largest absolute Gasteiger partial charge is 0.465 e. The summed E-state index contributed by atoms with van der Waals surface area (Å²) in [5.41, 5.74) is 4.95. The zero-order valence-electron chi connectivity index (χ0n) is 16.7. The molecule has 0 saturated heterocycles. The Hall–Kier alpha value is -3.74. The van der Waals surface area contributed by atoms with Gasteiger partial charge in [-0.3, -0.25) is 4.79 Å². The lowest BCUT2D eigenvalue weighted by atomic mass is 10.1. The van der Waals surface area contributed by atoms with Crippen LogP contribution in [0, 0.1) is 20.8 Å². The van der Waals surface area contributed by atoms with Gasteiger partial charge in [-0.2, -0.15) is 0 Å². The van der Waals surface area contributed by atoms with Crippen LogP contribution < -0.4 is 10.6 Å². The minimum absolute atomic E-state index is 0.237. The number of benzene rings is 2. The molecule has 7 heteroatoms. The Bertz CT molecular complexity index is 1040. The number of carbonyl (C=O) groups excluding carboxylic acids is 2. The molecular weight excluding hydrogens is 368 g/mol. The highest BCUT2D eigenvalue weighted by atomic mass is 16.5. The average Bonchev–Trinajstić information content (AvgIpc) is 2.66. The van der Waals surface area contributed by atoms with Gasteiger partial charge in [0.15, 0.2) is 0 Å². The van der Waals surface area contributed by atoms with Gasteiger partial charge < -0.3 is 15.4 Å². The lowest BCUT2D eigenvalue weighted by molar-refractivity contribution is 0.0600. The molecule has 2 N–H and O–H groups in total. The molecule has 0 aliphatic heterocycles. The number of anilines is 3. The number of ether oxygens (including phenoxy) is 1. The van der Waals surface area contributed by atoms with Crippen LogP contribution in [0.25, 0.3) is 0 Å². The maximum Gasteiger partial charge on any atom is 0.337 e. The van der Waals surface area contributed by atoms with E-state index in [2.05, 4.69) is 31.4 Å². The molecule has 0 bridgehead atoms. The summed E-state index contributed by atoms with van der Waals surface area (Å²) < 4.78 is 4.67. The van der Waals surface area contributed by atoms with Crippen molar-refractivity contribution >= 4 is 29.2 Å². The second-order valence-electron chi connectivity index (χ2n) is 6.74. The van der Waals surface area contributed by atoms with Gasteiger partial charge in [-0.15, -0.1) is 0 Å². The van der Waals surface area contributed by atoms with Gasteiger partial charge in [-0.25, -0.2) is 14.8 Å². The summed E-state index contributed by atoms with van der Waals surface area (Å²) in [5.74, 6) is -0.456. The van der Waals surface area contributed by atoms with Crippen LogP contribution in [0.2, 0.25) is 0 Å². The first-order chi connectivity index (χ1) is 13.8. The van der Waals surface area contributed by atoms with Crippen LogP contribution in [0.1, 0.15) is 37.7 Å². The van der Waals surface area contributed by atoms with Crippen LogP contribution >= 0.6 is 0 Å². The zero-order chi connectivity index (χ0) is 21.0. The highest BCUT2D eigenvalue weighted by Gasteiger charge is 2.12. The van der Waals surface area contributed by atoms with Crippen molar-refractivity contribution < 1.29 is 14.3 Å². The number of nitrogens with one attached hydrogen (secondary N) is 2. The Kier molecular flexibility index (Phi) is 5.87. The Balaban J connectivity index is 1.78. The van der Waals surface area contributed by atoms with E-state index in [9.17, 15) is 9.59 Å². The van der Waals surface area contributed by atoms with E-state index in [1.807, 2.05) is 26.0 Å². The summed E-state index contributed by atoms with van der Waals surface area (Å²) in [6.07, 6.45) is 0.